The fraction of sp³-hybridized carbons (Fsp3) is 0.867. The predicted octanol–water partition coefficient (Wildman–Crippen LogP) is 4.98. The molecule has 0 bridgehead atoms. The van der Waals surface area contributed by atoms with Crippen molar-refractivity contribution in [2.45, 2.75) is 84.5 Å². The zero-order chi connectivity index (χ0) is 13.9. The molecule has 0 heterocycles. The van der Waals surface area contributed by atoms with Crippen molar-refractivity contribution in [2.24, 2.45) is 0 Å². The summed E-state index contributed by atoms with van der Waals surface area (Å²) >= 11 is 0. The monoisotopic (exact) mass is 254 g/mol. The number of rotatable bonds is 3. The molecular weight excluding hydrogens is 224 g/mol. The summed E-state index contributed by atoms with van der Waals surface area (Å²) in [5.74, 6) is 0. The van der Waals surface area contributed by atoms with Crippen LogP contribution in [0.2, 0.25) is 16.6 Å². The third-order valence-electron chi connectivity index (χ3n) is 3.49. The molecule has 0 fully saturated rings. The Morgan fingerprint density at radius 1 is 0.824 bits per heavy atom. The maximum Gasteiger partial charge on any atom is 0.150 e. The molecule has 0 aliphatic carbocycles. The Morgan fingerprint density at radius 2 is 1.18 bits per heavy atom. The fourth-order valence-corrected chi connectivity index (χ4v) is 7.79. The Labute approximate surface area is 109 Å². The van der Waals surface area contributed by atoms with Crippen LogP contribution in [-0.4, -0.2) is 13.7 Å². The maximum atomic E-state index is 5.61. The van der Waals surface area contributed by atoms with Gasteiger partial charge in [0.05, 0.1) is 0 Å². The summed E-state index contributed by atoms with van der Waals surface area (Å²) in [6.45, 7) is 20.0. The van der Waals surface area contributed by atoms with E-state index in [1.54, 1.807) is 0 Å². The molecule has 17 heavy (non-hydrogen) atoms. The van der Waals surface area contributed by atoms with Crippen molar-refractivity contribution >= 4 is 8.07 Å². The highest BCUT2D eigenvalue weighted by Gasteiger charge is 2.42. The number of hydrogen-bond acceptors (Lipinski definition) is 1. The van der Waals surface area contributed by atoms with E-state index in [1.165, 1.54) is 0 Å². The molecule has 0 rings (SSSR count). The Balaban J connectivity index is 5.20. The zero-order valence-electron chi connectivity index (χ0n) is 13.1. The maximum absolute atomic E-state index is 5.61. The molecule has 100 valence electrons. The smallest absolute Gasteiger partial charge is 0.150 e. The van der Waals surface area contributed by atoms with Crippen LogP contribution in [0, 0.1) is 11.7 Å². The second-order valence-electron chi connectivity index (χ2n) is 6.84. The largest absolute Gasteiger partial charge is 0.441 e. The van der Waals surface area contributed by atoms with E-state index in [-0.39, 0.29) is 5.60 Å². The van der Waals surface area contributed by atoms with Crippen LogP contribution in [0.5, 0.6) is 0 Å². The minimum Gasteiger partial charge on any atom is -0.441 e. The lowest BCUT2D eigenvalue weighted by Crippen LogP contribution is -2.43. The van der Waals surface area contributed by atoms with E-state index in [4.69, 9.17) is 4.74 Å². The topological polar surface area (TPSA) is 9.23 Å². The standard InChI is InChI=1S/C15H30OSi/c1-12(2)17(13(3)4,14(5)6)11-10-16-15(7,8)9/h12-14H,1-9H3. The van der Waals surface area contributed by atoms with Gasteiger partial charge in [-0.15, -0.1) is 0 Å². The molecule has 0 aromatic rings. The summed E-state index contributed by atoms with van der Waals surface area (Å²) in [5.41, 5.74) is 5.38. The van der Waals surface area contributed by atoms with E-state index in [9.17, 15) is 0 Å². The second-order valence-corrected chi connectivity index (χ2v) is 12.4. The first-order chi connectivity index (χ1) is 7.54. The third kappa shape index (κ3) is 4.39. The van der Waals surface area contributed by atoms with Gasteiger partial charge in [-0.2, -0.15) is 0 Å². The minimum atomic E-state index is -1.61. The third-order valence-corrected chi connectivity index (χ3v) is 9.76. The van der Waals surface area contributed by atoms with Crippen LogP contribution in [0.3, 0.4) is 0 Å². The van der Waals surface area contributed by atoms with E-state index < -0.39 is 8.07 Å². The molecule has 0 aromatic heterocycles. The quantitative estimate of drug-likeness (QED) is 0.510. The van der Waals surface area contributed by atoms with Gasteiger partial charge < -0.3 is 4.74 Å². The molecule has 0 saturated heterocycles. The van der Waals surface area contributed by atoms with Gasteiger partial charge in [-0.05, 0) is 37.4 Å². The lowest BCUT2D eigenvalue weighted by molar-refractivity contribution is 0.0964. The van der Waals surface area contributed by atoms with Crippen molar-refractivity contribution in [3.63, 3.8) is 0 Å². The van der Waals surface area contributed by atoms with Crippen LogP contribution in [0.25, 0.3) is 0 Å². The van der Waals surface area contributed by atoms with E-state index >= 15 is 0 Å². The number of ether oxygens (including phenoxy) is 1. The van der Waals surface area contributed by atoms with Crippen LogP contribution in [0.15, 0.2) is 0 Å². The molecule has 0 aliphatic heterocycles. The Bertz CT molecular complexity index is 264. The summed E-state index contributed by atoms with van der Waals surface area (Å²) in [7, 11) is -1.61. The average Bonchev–Trinajstić information content (AvgIpc) is 2.08. The predicted molar refractivity (Wildman–Crippen MR) is 79.7 cm³/mol. The highest BCUT2D eigenvalue weighted by molar-refractivity contribution is 6.90. The normalized spacial score (nSPS) is 12.9. The summed E-state index contributed by atoms with van der Waals surface area (Å²) in [4.78, 5) is 0. The molecular formula is C15H30OSi. The molecule has 0 aromatic carbocycles. The zero-order valence-corrected chi connectivity index (χ0v) is 14.1. The van der Waals surface area contributed by atoms with Gasteiger partial charge >= 0.3 is 0 Å². The molecule has 0 saturated carbocycles. The molecule has 0 spiro atoms. The van der Waals surface area contributed by atoms with Gasteiger partial charge in [-0.1, -0.05) is 47.1 Å². The van der Waals surface area contributed by atoms with Crippen molar-refractivity contribution in [1.29, 1.82) is 0 Å². The van der Waals surface area contributed by atoms with Crippen molar-refractivity contribution in [3.05, 3.63) is 0 Å². The SMILES string of the molecule is CC(C)[Si](C#COC(C)(C)C)(C(C)C)C(C)C. The minimum absolute atomic E-state index is 0.169. The molecule has 0 atom stereocenters. The van der Waals surface area contributed by atoms with Crippen LogP contribution < -0.4 is 0 Å². The van der Waals surface area contributed by atoms with Crippen LogP contribution in [-0.2, 0) is 4.74 Å². The Morgan fingerprint density at radius 3 is 1.41 bits per heavy atom. The van der Waals surface area contributed by atoms with Gasteiger partial charge in [-0.3, -0.25) is 0 Å². The van der Waals surface area contributed by atoms with Gasteiger partial charge in [0.1, 0.15) is 11.7 Å². The van der Waals surface area contributed by atoms with Gasteiger partial charge in [0, 0.05) is 0 Å². The van der Waals surface area contributed by atoms with Crippen molar-refractivity contribution in [3.8, 4) is 11.7 Å². The summed E-state index contributed by atoms with van der Waals surface area (Å²) in [6, 6.07) is 0. The first kappa shape index (κ1) is 16.6. The van der Waals surface area contributed by atoms with Gasteiger partial charge in [0.2, 0.25) is 0 Å². The van der Waals surface area contributed by atoms with Gasteiger partial charge in [0.25, 0.3) is 0 Å². The fourth-order valence-electron chi connectivity index (χ4n) is 2.70. The molecule has 2 heteroatoms. The molecule has 0 aliphatic rings. The van der Waals surface area contributed by atoms with E-state index in [2.05, 4.69) is 53.2 Å². The number of hydrogen-bond donors (Lipinski definition) is 0. The van der Waals surface area contributed by atoms with E-state index in [0.29, 0.717) is 16.6 Å². The average molecular weight is 254 g/mol. The summed E-state index contributed by atoms with van der Waals surface area (Å²) in [5, 5.41) is 0. The Hall–Kier alpha value is -0.423. The van der Waals surface area contributed by atoms with Crippen LogP contribution >= 0.6 is 0 Å². The van der Waals surface area contributed by atoms with Crippen molar-refractivity contribution in [1.82, 2.24) is 0 Å². The molecule has 1 nitrogen and oxygen atoms in total. The molecule has 0 radical (unpaired) electrons. The highest BCUT2D eigenvalue weighted by atomic mass is 28.3. The summed E-state index contributed by atoms with van der Waals surface area (Å²) in [6.07, 6.45) is 3.02. The van der Waals surface area contributed by atoms with Crippen LogP contribution in [0.4, 0.5) is 0 Å². The van der Waals surface area contributed by atoms with Crippen molar-refractivity contribution in [2.75, 3.05) is 0 Å². The van der Waals surface area contributed by atoms with Crippen LogP contribution in [0.1, 0.15) is 62.3 Å². The summed E-state index contributed by atoms with van der Waals surface area (Å²) < 4.78 is 5.61. The lowest BCUT2D eigenvalue weighted by Gasteiger charge is -2.37. The first-order valence-electron chi connectivity index (χ1n) is 6.74. The molecule has 0 amide bonds. The second kappa shape index (κ2) is 5.95. The van der Waals surface area contributed by atoms with E-state index in [0.717, 1.165) is 0 Å². The Kier molecular flexibility index (Phi) is 5.81. The van der Waals surface area contributed by atoms with Gasteiger partial charge in [-0.25, -0.2) is 0 Å². The molecule has 0 N–H and O–H groups in total. The first-order valence-corrected chi connectivity index (χ1v) is 8.97. The lowest BCUT2D eigenvalue weighted by atomic mass is 10.2. The van der Waals surface area contributed by atoms with Gasteiger partial charge in [0.15, 0.2) is 8.07 Å². The molecule has 0 unspecified atom stereocenters. The van der Waals surface area contributed by atoms with E-state index in [1.807, 2.05) is 20.8 Å². The highest BCUT2D eigenvalue weighted by Crippen LogP contribution is 2.40. The van der Waals surface area contributed by atoms with Crippen molar-refractivity contribution < 1.29 is 4.74 Å².